The molecule has 0 heterocycles. The Labute approximate surface area is 104 Å². The SMILES string of the molecule is Nc1ccc(S(=O)(=O)CC2CCC2)c(Br)c1. The van der Waals surface area contributed by atoms with E-state index in [1.807, 2.05) is 0 Å². The summed E-state index contributed by atoms with van der Waals surface area (Å²) in [5.74, 6) is 0.602. The molecule has 1 fully saturated rings. The predicted octanol–water partition coefficient (Wildman–Crippen LogP) is 2.61. The summed E-state index contributed by atoms with van der Waals surface area (Å²) in [4.78, 5) is 0.355. The van der Waals surface area contributed by atoms with Crippen molar-refractivity contribution in [2.75, 3.05) is 11.5 Å². The van der Waals surface area contributed by atoms with Crippen molar-refractivity contribution in [2.45, 2.75) is 24.2 Å². The Kier molecular flexibility index (Phi) is 3.26. The number of rotatable bonds is 3. The Morgan fingerprint density at radius 1 is 1.38 bits per heavy atom. The molecule has 1 aliphatic rings. The van der Waals surface area contributed by atoms with Crippen LogP contribution in [0.25, 0.3) is 0 Å². The van der Waals surface area contributed by atoms with Crippen LogP contribution in [-0.4, -0.2) is 14.2 Å². The Hall–Kier alpha value is -0.550. The quantitative estimate of drug-likeness (QED) is 0.873. The van der Waals surface area contributed by atoms with Gasteiger partial charge < -0.3 is 5.73 Å². The lowest BCUT2D eigenvalue weighted by Gasteiger charge is -2.25. The topological polar surface area (TPSA) is 60.2 Å². The summed E-state index contributed by atoms with van der Waals surface area (Å²) < 4.78 is 24.8. The smallest absolute Gasteiger partial charge is 0.179 e. The molecule has 2 N–H and O–H groups in total. The number of benzene rings is 1. The molecule has 88 valence electrons. The molecule has 0 amide bonds. The summed E-state index contributed by atoms with van der Waals surface area (Å²) in [5, 5.41) is 0. The molecule has 0 aromatic heterocycles. The molecule has 1 aromatic rings. The molecular weight excluding hydrogens is 290 g/mol. The van der Waals surface area contributed by atoms with E-state index < -0.39 is 9.84 Å². The van der Waals surface area contributed by atoms with Crippen molar-refractivity contribution >= 4 is 31.5 Å². The first-order chi connectivity index (χ1) is 7.49. The van der Waals surface area contributed by atoms with Crippen LogP contribution in [0.1, 0.15) is 19.3 Å². The zero-order chi connectivity index (χ0) is 11.8. The highest BCUT2D eigenvalue weighted by Gasteiger charge is 2.27. The Bertz CT molecular complexity index is 495. The Morgan fingerprint density at radius 2 is 2.06 bits per heavy atom. The van der Waals surface area contributed by atoms with Gasteiger partial charge in [0.2, 0.25) is 0 Å². The summed E-state index contributed by atoms with van der Waals surface area (Å²) in [7, 11) is -3.17. The van der Waals surface area contributed by atoms with Crippen LogP contribution < -0.4 is 5.73 Å². The summed E-state index contributed by atoms with van der Waals surface area (Å²) in [6.07, 6.45) is 3.22. The third-order valence-electron chi connectivity index (χ3n) is 2.97. The second-order valence-electron chi connectivity index (χ2n) is 4.27. The van der Waals surface area contributed by atoms with Gasteiger partial charge in [-0.05, 0) is 52.9 Å². The Balaban J connectivity index is 2.27. The minimum atomic E-state index is -3.17. The fourth-order valence-electron chi connectivity index (χ4n) is 1.83. The van der Waals surface area contributed by atoms with E-state index in [9.17, 15) is 8.42 Å². The van der Waals surface area contributed by atoms with Crippen LogP contribution in [0.5, 0.6) is 0 Å². The molecule has 1 aromatic carbocycles. The van der Waals surface area contributed by atoms with E-state index in [2.05, 4.69) is 15.9 Å². The normalized spacial score (nSPS) is 17.1. The maximum atomic E-state index is 12.1. The molecule has 3 nitrogen and oxygen atoms in total. The van der Waals surface area contributed by atoms with Crippen molar-refractivity contribution in [3.05, 3.63) is 22.7 Å². The maximum absolute atomic E-state index is 12.1. The van der Waals surface area contributed by atoms with Crippen LogP contribution >= 0.6 is 15.9 Å². The molecule has 0 atom stereocenters. The van der Waals surface area contributed by atoms with Gasteiger partial charge in [0.25, 0.3) is 0 Å². The fraction of sp³-hybridized carbons (Fsp3) is 0.455. The van der Waals surface area contributed by atoms with Crippen molar-refractivity contribution in [3.8, 4) is 0 Å². The van der Waals surface area contributed by atoms with Gasteiger partial charge in [0.1, 0.15) is 0 Å². The number of nitrogen functional groups attached to an aromatic ring is 1. The van der Waals surface area contributed by atoms with Crippen LogP contribution in [0, 0.1) is 5.92 Å². The summed E-state index contributed by atoms with van der Waals surface area (Å²) >= 11 is 3.25. The van der Waals surface area contributed by atoms with Crippen molar-refractivity contribution in [3.63, 3.8) is 0 Å². The minimum Gasteiger partial charge on any atom is -0.399 e. The van der Waals surface area contributed by atoms with Crippen molar-refractivity contribution < 1.29 is 8.42 Å². The monoisotopic (exact) mass is 303 g/mol. The number of anilines is 1. The Morgan fingerprint density at radius 3 is 2.56 bits per heavy atom. The highest BCUT2D eigenvalue weighted by molar-refractivity contribution is 9.10. The van der Waals surface area contributed by atoms with Crippen LogP contribution in [0.15, 0.2) is 27.6 Å². The molecule has 0 aliphatic heterocycles. The van der Waals surface area contributed by atoms with E-state index in [0.717, 1.165) is 19.3 Å². The fourth-order valence-corrected chi connectivity index (χ4v) is 4.73. The van der Waals surface area contributed by atoms with Crippen molar-refractivity contribution in [1.82, 2.24) is 0 Å². The third kappa shape index (κ3) is 2.40. The van der Waals surface area contributed by atoms with Crippen LogP contribution in [0.2, 0.25) is 0 Å². The van der Waals surface area contributed by atoms with Gasteiger partial charge in [0.05, 0.1) is 10.6 Å². The lowest BCUT2D eigenvalue weighted by atomic mass is 9.87. The van der Waals surface area contributed by atoms with Gasteiger partial charge in [0.15, 0.2) is 9.84 Å². The third-order valence-corrected chi connectivity index (χ3v) is 5.83. The summed E-state index contributed by atoms with van der Waals surface area (Å²) in [5.41, 5.74) is 6.15. The van der Waals surface area contributed by atoms with E-state index in [4.69, 9.17) is 5.73 Å². The van der Waals surface area contributed by atoms with Gasteiger partial charge in [0, 0.05) is 10.2 Å². The average molecular weight is 304 g/mol. The van der Waals surface area contributed by atoms with Crippen molar-refractivity contribution in [1.29, 1.82) is 0 Å². The highest BCUT2D eigenvalue weighted by Crippen LogP contribution is 2.32. The first kappa shape index (κ1) is 11.9. The number of sulfone groups is 1. The average Bonchev–Trinajstić information content (AvgIpc) is 2.11. The number of halogens is 1. The van der Waals surface area contributed by atoms with Gasteiger partial charge in [-0.3, -0.25) is 0 Å². The lowest BCUT2D eigenvalue weighted by Crippen LogP contribution is -2.22. The van der Waals surface area contributed by atoms with Gasteiger partial charge in [-0.25, -0.2) is 8.42 Å². The first-order valence-corrected chi connectivity index (χ1v) is 7.71. The van der Waals surface area contributed by atoms with E-state index in [-0.39, 0.29) is 5.75 Å². The largest absolute Gasteiger partial charge is 0.399 e. The second-order valence-corrected chi connectivity index (χ2v) is 7.13. The molecule has 2 rings (SSSR count). The molecule has 0 unspecified atom stereocenters. The maximum Gasteiger partial charge on any atom is 0.179 e. The number of hydrogen-bond donors (Lipinski definition) is 1. The zero-order valence-electron chi connectivity index (χ0n) is 8.82. The first-order valence-electron chi connectivity index (χ1n) is 5.27. The minimum absolute atomic E-state index is 0.259. The van der Waals surface area contributed by atoms with Crippen LogP contribution in [0.4, 0.5) is 5.69 Å². The molecule has 0 saturated heterocycles. The number of nitrogens with two attached hydrogens (primary N) is 1. The standard InChI is InChI=1S/C11H14BrNO2S/c12-10-6-9(13)4-5-11(10)16(14,15)7-8-2-1-3-8/h4-6,8H,1-3,7,13H2. The molecule has 0 radical (unpaired) electrons. The molecule has 0 spiro atoms. The molecular formula is C11H14BrNO2S. The highest BCUT2D eigenvalue weighted by atomic mass is 79.9. The van der Waals surface area contributed by atoms with E-state index in [0.29, 0.717) is 21.0 Å². The van der Waals surface area contributed by atoms with Crippen LogP contribution in [-0.2, 0) is 9.84 Å². The second kappa shape index (κ2) is 4.37. The molecule has 1 saturated carbocycles. The summed E-state index contributed by atoms with van der Waals surface area (Å²) in [6.45, 7) is 0. The molecule has 16 heavy (non-hydrogen) atoms. The van der Waals surface area contributed by atoms with Gasteiger partial charge >= 0.3 is 0 Å². The molecule has 5 heteroatoms. The van der Waals surface area contributed by atoms with Gasteiger partial charge in [-0.1, -0.05) is 6.42 Å². The molecule has 0 bridgehead atoms. The number of hydrogen-bond acceptors (Lipinski definition) is 3. The molecule has 1 aliphatic carbocycles. The van der Waals surface area contributed by atoms with Crippen molar-refractivity contribution in [2.24, 2.45) is 5.92 Å². The van der Waals surface area contributed by atoms with Gasteiger partial charge in [-0.2, -0.15) is 0 Å². The van der Waals surface area contributed by atoms with E-state index >= 15 is 0 Å². The lowest BCUT2D eigenvalue weighted by molar-refractivity contribution is 0.347. The van der Waals surface area contributed by atoms with Gasteiger partial charge in [-0.15, -0.1) is 0 Å². The van der Waals surface area contributed by atoms with E-state index in [1.54, 1.807) is 18.2 Å². The van der Waals surface area contributed by atoms with Crippen LogP contribution in [0.3, 0.4) is 0 Å². The summed E-state index contributed by atoms with van der Waals surface area (Å²) in [6, 6.07) is 4.83. The predicted molar refractivity (Wildman–Crippen MR) is 67.9 cm³/mol. The zero-order valence-corrected chi connectivity index (χ0v) is 11.2. The van der Waals surface area contributed by atoms with E-state index in [1.165, 1.54) is 0 Å².